The van der Waals surface area contributed by atoms with Gasteiger partial charge in [0.05, 0.1) is 6.54 Å². The number of aliphatic imine (C=N–C) groups is 1. The van der Waals surface area contributed by atoms with E-state index in [2.05, 4.69) is 10.6 Å². The monoisotopic (exact) mass is 502 g/mol. The molecule has 0 bridgehead atoms. The number of nitrogens with one attached hydrogen (secondary N) is 2. The van der Waals surface area contributed by atoms with Crippen molar-refractivity contribution in [3.05, 3.63) is 35.6 Å². The first-order chi connectivity index (χ1) is 12.9. The number of carbonyl (C=O) groups excluding carboxylic acids is 1. The zero-order valence-corrected chi connectivity index (χ0v) is 19.3. The standard InChI is InChI=1S/C21H31FN4O.HI/c1-4-23-20(25-16-9-12-26(13-16)19(27)15(2)3)24-14-21(10-11-21)17-7-5-6-8-18(17)22;/h5-8,15-16H,4,9-14H2,1-3H3,(H2,23,24,25);1H. The lowest BCUT2D eigenvalue weighted by Gasteiger charge is -2.21. The maximum Gasteiger partial charge on any atom is 0.225 e. The van der Waals surface area contributed by atoms with Crippen LogP contribution >= 0.6 is 24.0 Å². The fraction of sp³-hybridized carbons (Fsp3) is 0.619. The van der Waals surface area contributed by atoms with Crippen molar-refractivity contribution in [1.29, 1.82) is 0 Å². The molecule has 3 rings (SSSR count). The molecule has 1 aromatic rings. The molecule has 1 aliphatic carbocycles. The fourth-order valence-electron chi connectivity index (χ4n) is 3.74. The maximum atomic E-state index is 14.2. The van der Waals surface area contributed by atoms with E-state index in [9.17, 15) is 9.18 Å². The third kappa shape index (κ3) is 5.36. The second-order valence-electron chi connectivity index (χ2n) is 8.02. The van der Waals surface area contributed by atoms with Crippen LogP contribution in [0, 0.1) is 11.7 Å². The third-order valence-electron chi connectivity index (χ3n) is 5.52. The highest BCUT2D eigenvalue weighted by Crippen LogP contribution is 2.49. The third-order valence-corrected chi connectivity index (χ3v) is 5.52. The van der Waals surface area contributed by atoms with Crippen LogP contribution in [0.25, 0.3) is 0 Å². The highest BCUT2D eigenvalue weighted by Gasteiger charge is 2.45. The van der Waals surface area contributed by atoms with Gasteiger partial charge in [0, 0.05) is 37.0 Å². The van der Waals surface area contributed by atoms with E-state index in [0.717, 1.165) is 43.9 Å². The van der Waals surface area contributed by atoms with Crippen LogP contribution in [0.5, 0.6) is 0 Å². The van der Waals surface area contributed by atoms with Gasteiger partial charge in [-0.2, -0.15) is 0 Å². The van der Waals surface area contributed by atoms with Crippen molar-refractivity contribution in [3.8, 4) is 0 Å². The molecule has 0 spiro atoms. The lowest BCUT2D eigenvalue weighted by Crippen LogP contribution is -2.45. The van der Waals surface area contributed by atoms with Gasteiger partial charge in [0.2, 0.25) is 5.91 Å². The molecule has 5 nitrogen and oxygen atoms in total. The minimum Gasteiger partial charge on any atom is -0.357 e. The molecule has 0 aromatic heterocycles. The molecule has 1 saturated carbocycles. The largest absolute Gasteiger partial charge is 0.357 e. The quantitative estimate of drug-likeness (QED) is 0.357. The number of rotatable bonds is 6. The molecule has 1 atom stereocenters. The van der Waals surface area contributed by atoms with Crippen molar-refractivity contribution in [2.75, 3.05) is 26.2 Å². The van der Waals surface area contributed by atoms with Gasteiger partial charge in [-0.25, -0.2) is 4.39 Å². The number of nitrogens with zero attached hydrogens (tertiary/aromatic N) is 2. The van der Waals surface area contributed by atoms with E-state index < -0.39 is 0 Å². The lowest BCUT2D eigenvalue weighted by atomic mass is 9.95. The topological polar surface area (TPSA) is 56.7 Å². The highest BCUT2D eigenvalue weighted by molar-refractivity contribution is 14.0. The Balaban J connectivity index is 0.00000280. The molecule has 28 heavy (non-hydrogen) atoms. The average Bonchev–Trinajstić information content (AvgIpc) is 3.29. The van der Waals surface area contributed by atoms with Gasteiger partial charge in [-0.05, 0) is 37.8 Å². The van der Waals surface area contributed by atoms with E-state index in [-0.39, 0.29) is 53.1 Å². The maximum absolute atomic E-state index is 14.2. The number of halogens is 2. The van der Waals surface area contributed by atoms with Crippen molar-refractivity contribution in [2.24, 2.45) is 10.9 Å². The van der Waals surface area contributed by atoms with Gasteiger partial charge < -0.3 is 15.5 Å². The van der Waals surface area contributed by atoms with E-state index in [0.29, 0.717) is 13.1 Å². The molecular weight excluding hydrogens is 470 g/mol. The molecule has 1 aliphatic heterocycles. The number of amides is 1. The summed E-state index contributed by atoms with van der Waals surface area (Å²) >= 11 is 0. The van der Waals surface area contributed by atoms with Crippen LogP contribution in [0.2, 0.25) is 0 Å². The van der Waals surface area contributed by atoms with E-state index >= 15 is 0 Å². The SMILES string of the molecule is CCNC(=NCC1(c2ccccc2F)CC1)NC1CCN(C(=O)C(C)C)C1.I. The number of hydrogen-bond acceptors (Lipinski definition) is 2. The minimum atomic E-state index is -0.164. The summed E-state index contributed by atoms with van der Waals surface area (Å²) in [5.41, 5.74) is 0.613. The van der Waals surface area contributed by atoms with E-state index in [1.54, 1.807) is 6.07 Å². The first kappa shape index (κ1) is 22.9. The average molecular weight is 502 g/mol. The summed E-state index contributed by atoms with van der Waals surface area (Å²) in [5.74, 6) is 0.852. The van der Waals surface area contributed by atoms with Crippen molar-refractivity contribution >= 4 is 35.8 Å². The van der Waals surface area contributed by atoms with E-state index in [1.165, 1.54) is 6.07 Å². The van der Waals surface area contributed by atoms with Gasteiger partial charge in [-0.15, -0.1) is 24.0 Å². The Hall–Kier alpha value is -1.38. The molecule has 0 radical (unpaired) electrons. The van der Waals surface area contributed by atoms with Crippen molar-refractivity contribution < 1.29 is 9.18 Å². The van der Waals surface area contributed by atoms with Gasteiger partial charge in [-0.3, -0.25) is 9.79 Å². The van der Waals surface area contributed by atoms with Crippen LogP contribution in [0.4, 0.5) is 4.39 Å². The summed E-state index contributed by atoms with van der Waals surface area (Å²) in [6.07, 6.45) is 2.86. The molecule has 156 valence electrons. The molecule has 2 aliphatic rings. The summed E-state index contributed by atoms with van der Waals surface area (Å²) in [7, 11) is 0. The van der Waals surface area contributed by atoms with Gasteiger partial charge >= 0.3 is 0 Å². The summed E-state index contributed by atoms with van der Waals surface area (Å²) in [6.45, 7) is 8.74. The van der Waals surface area contributed by atoms with Crippen molar-refractivity contribution in [3.63, 3.8) is 0 Å². The predicted molar refractivity (Wildman–Crippen MR) is 122 cm³/mol. The Labute approximate surface area is 184 Å². The summed E-state index contributed by atoms with van der Waals surface area (Å²) < 4.78 is 14.2. The van der Waals surface area contributed by atoms with Crippen LogP contribution in [-0.2, 0) is 10.2 Å². The second kappa shape index (κ2) is 9.89. The minimum absolute atomic E-state index is 0. The van der Waals surface area contributed by atoms with Crippen LogP contribution < -0.4 is 10.6 Å². The Morgan fingerprint density at radius 2 is 2.07 bits per heavy atom. The second-order valence-corrected chi connectivity index (χ2v) is 8.02. The Kier molecular flexibility index (Phi) is 8.09. The number of benzene rings is 1. The Morgan fingerprint density at radius 1 is 1.36 bits per heavy atom. The van der Waals surface area contributed by atoms with E-state index in [1.807, 2.05) is 37.8 Å². The molecular formula is C21H32FIN4O. The molecule has 1 heterocycles. The fourth-order valence-corrected chi connectivity index (χ4v) is 3.74. The Morgan fingerprint density at radius 3 is 2.68 bits per heavy atom. The first-order valence-corrected chi connectivity index (χ1v) is 10.0. The molecule has 2 N–H and O–H groups in total. The van der Waals surface area contributed by atoms with Gasteiger partial charge in [0.1, 0.15) is 5.82 Å². The number of carbonyl (C=O) groups is 1. The normalized spacial score (nSPS) is 20.7. The highest BCUT2D eigenvalue weighted by atomic mass is 127. The molecule has 2 fully saturated rings. The molecule has 1 aromatic carbocycles. The van der Waals surface area contributed by atoms with E-state index in [4.69, 9.17) is 4.99 Å². The van der Waals surface area contributed by atoms with Crippen LogP contribution in [0.1, 0.15) is 45.6 Å². The zero-order chi connectivity index (χ0) is 19.4. The van der Waals surface area contributed by atoms with Gasteiger partial charge in [0.15, 0.2) is 5.96 Å². The van der Waals surface area contributed by atoms with Crippen molar-refractivity contribution in [1.82, 2.24) is 15.5 Å². The smallest absolute Gasteiger partial charge is 0.225 e. The van der Waals surface area contributed by atoms with Gasteiger partial charge in [0.25, 0.3) is 0 Å². The number of likely N-dealkylation sites (tertiary alicyclic amines) is 1. The lowest BCUT2D eigenvalue weighted by molar-refractivity contribution is -0.133. The molecule has 7 heteroatoms. The Bertz CT molecular complexity index is 705. The number of guanidine groups is 1. The van der Waals surface area contributed by atoms with Crippen LogP contribution in [0.3, 0.4) is 0 Å². The summed E-state index contributed by atoms with van der Waals surface area (Å²) in [6, 6.07) is 7.24. The van der Waals surface area contributed by atoms with Crippen molar-refractivity contribution in [2.45, 2.75) is 51.5 Å². The summed E-state index contributed by atoms with van der Waals surface area (Å²) in [4.78, 5) is 18.9. The number of hydrogen-bond donors (Lipinski definition) is 2. The van der Waals surface area contributed by atoms with Crippen LogP contribution in [0.15, 0.2) is 29.3 Å². The van der Waals surface area contributed by atoms with Gasteiger partial charge in [-0.1, -0.05) is 32.0 Å². The first-order valence-electron chi connectivity index (χ1n) is 10.0. The molecule has 1 amide bonds. The predicted octanol–water partition coefficient (Wildman–Crippen LogP) is 3.29. The molecule has 1 saturated heterocycles. The van der Waals surface area contributed by atoms with Crippen LogP contribution in [-0.4, -0.2) is 49.0 Å². The zero-order valence-electron chi connectivity index (χ0n) is 17.0. The summed E-state index contributed by atoms with van der Waals surface area (Å²) in [5, 5.41) is 6.74. The molecule has 1 unspecified atom stereocenters.